The molecule has 1 saturated heterocycles. The van der Waals surface area contributed by atoms with Crippen molar-refractivity contribution in [2.24, 2.45) is 0 Å². The quantitative estimate of drug-likeness (QED) is 0.547. The maximum atomic E-state index is 14.2. The molecule has 28 heavy (non-hydrogen) atoms. The Balaban J connectivity index is 1.75. The Morgan fingerprint density at radius 3 is 1.93 bits per heavy atom. The highest BCUT2D eigenvalue weighted by atomic mass is 19.4. The zero-order valence-corrected chi connectivity index (χ0v) is 15.8. The van der Waals surface area contributed by atoms with Crippen molar-refractivity contribution in [2.45, 2.75) is 45.3 Å². The maximum absolute atomic E-state index is 14.2. The third kappa shape index (κ3) is 4.25. The lowest BCUT2D eigenvalue weighted by Gasteiger charge is -2.32. The second kappa shape index (κ2) is 6.97. The maximum Gasteiger partial charge on any atom is 0.573 e. The molecule has 0 aromatic heterocycles. The van der Waals surface area contributed by atoms with Gasteiger partial charge in [0.05, 0.1) is 11.2 Å². The van der Waals surface area contributed by atoms with Crippen molar-refractivity contribution in [3.8, 4) is 17.2 Å². The summed E-state index contributed by atoms with van der Waals surface area (Å²) in [4.78, 5) is 0. The van der Waals surface area contributed by atoms with Crippen LogP contribution in [0.3, 0.4) is 0 Å². The van der Waals surface area contributed by atoms with Crippen LogP contribution in [0, 0.1) is 5.82 Å². The standard InChI is InChI=1S/C19H19BF4O4/c1-17(2)18(3,4)28-20(27-17)12-8-10-13(11-9-12)25-14-6-5-7-15(16(14)21)26-19(22,23)24/h5-11H,1-4H3. The Labute approximate surface area is 160 Å². The summed E-state index contributed by atoms with van der Waals surface area (Å²) in [6, 6.07) is 9.76. The third-order valence-electron chi connectivity index (χ3n) is 4.79. The minimum absolute atomic E-state index is 0.239. The number of alkyl halides is 3. The number of hydrogen-bond acceptors (Lipinski definition) is 4. The predicted molar refractivity (Wildman–Crippen MR) is 95.3 cm³/mol. The van der Waals surface area contributed by atoms with Crippen LogP contribution in [0.25, 0.3) is 0 Å². The van der Waals surface area contributed by atoms with Gasteiger partial charge in [0.1, 0.15) is 5.75 Å². The average Bonchev–Trinajstić information content (AvgIpc) is 2.79. The first-order chi connectivity index (χ1) is 12.9. The number of rotatable bonds is 4. The molecule has 0 saturated carbocycles. The van der Waals surface area contributed by atoms with E-state index >= 15 is 0 Å². The lowest BCUT2D eigenvalue weighted by Crippen LogP contribution is -2.41. The molecule has 1 aliphatic heterocycles. The van der Waals surface area contributed by atoms with E-state index < -0.39 is 36.2 Å². The highest BCUT2D eigenvalue weighted by Crippen LogP contribution is 2.37. The molecule has 1 fully saturated rings. The molecule has 9 heteroatoms. The van der Waals surface area contributed by atoms with E-state index in [0.717, 1.165) is 11.5 Å². The number of ether oxygens (including phenoxy) is 2. The van der Waals surface area contributed by atoms with Gasteiger partial charge in [-0.05, 0) is 57.4 Å². The van der Waals surface area contributed by atoms with Crippen molar-refractivity contribution in [1.29, 1.82) is 0 Å². The molecule has 0 bridgehead atoms. The molecule has 3 rings (SSSR count). The molecule has 2 aromatic rings. The lowest BCUT2D eigenvalue weighted by molar-refractivity contribution is -0.275. The van der Waals surface area contributed by atoms with Gasteiger partial charge in [0.15, 0.2) is 11.5 Å². The van der Waals surface area contributed by atoms with Crippen molar-refractivity contribution in [2.75, 3.05) is 0 Å². The molecule has 0 atom stereocenters. The zero-order valence-electron chi connectivity index (χ0n) is 15.8. The Kier molecular flexibility index (Phi) is 5.10. The SMILES string of the molecule is CC1(C)OB(c2ccc(Oc3cccc(OC(F)(F)F)c3F)cc2)OC1(C)C. The van der Waals surface area contributed by atoms with Crippen LogP contribution in [0.5, 0.6) is 17.2 Å². The van der Waals surface area contributed by atoms with Gasteiger partial charge < -0.3 is 18.8 Å². The highest BCUT2D eigenvalue weighted by Gasteiger charge is 2.51. The van der Waals surface area contributed by atoms with E-state index in [2.05, 4.69) is 4.74 Å². The fourth-order valence-corrected chi connectivity index (χ4v) is 2.57. The first kappa shape index (κ1) is 20.5. The van der Waals surface area contributed by atoms with E-state index in [1.165, 1.54) is 12.1 Å². The average molecular weight is 398 g/mol. The van der Waals surface area contributed by atoms with Gasteiger partial charge >= 0.3 is 13.5 Å². The predicted octanol–water partition coefficient (Wildman–Crippen LogP) is 4.82. The van der Waals surface area contributed by atoms with Crippen LogP contribution >= 0.6 is 0 Å². The topological polar surface area (TPSA) is 36.9 Å². The van der Waals surface area contributed by atoms with E-state index in [1.807, 2.05) is 27.7 Å². The molecule has 0 spiro atoms. The second-order valence-electron chi connectivity index (χ2n) is 7.38. The minimum Gasteiger partial charge on any atom is -0.454 e. The van der Waals surface area contributed by atoms with Crippen LogP contribution in [-0.2, 0) is 9.31 Å². The van der Waals surface area contributed by atoms with Gasteiger partial charge in [0.25, 0.3) is 0 Å². The first-order valence-electron chi connectivity index (χ1n) is 8.56. The number of halogens is 4. The second-order valence-corrected chi connectivity index (χ2v) is 7.38. The van der Waals surface area contributed by atoms with Crippen LogP contribution in [0.1, 0.15) is 27.7 Å². The molecule has 1 heterocycles. The zero-order chi connectivity index (χ0) is 20.7. The fraction of sp³-hybridized carbons (Fsp3) is 0.368. The Hall–Kier alpha value is -2.26. The lowest BCUT2D eigenvalue weighted by atomic mass is 9.79. The summed E-state index contributed by atoms with van der Waals surface area (Å²) in [5, 5.41) is 0. The molecule has 4 nitrogen and oxygen atoms in total. The van der Waals surface area contributed by atoms with E-state index in [4.69, 9.17) is 14.0 Å². The van der Waals surface area contributed by atoms with Gasteiger partial charge in [-0.1, -0.05) is 18.2 Å². The summed E-state index contributed by atoms with van der Waals surface area (Å²) in [5.74, 6) is -2.35. The number of benzene rings is 2. The van der Waals surface area contributed by atoms with Crippen molar-refractivity contribution in [3.05, 3.63) is 48.3 Å². The van der Waals surface area contributed by atoms with Crippen LogP contribution in [-0.4, -0.2) is 24.7 Å². The molecule has 0 radical (unpaired) electrons. The van der Waals surface area contributed by atoms with Gasteiger partial charge in [-0.25, -0.2) is 0 Å². The Bertz CT molecular complexity index is 834. The molecule has 0 N–H and O–H groups in total. The van der Waals surface area contributed by atoms with Crippen LogP contribution in [0.2, 0.25) is 0 Å². The summed E-state index contributed by atoms with van der Waals surface area (Å²) in [6.45, 7) is 7.74. The smallest absolute Gasteiger partial charge is 0.454 e. The summed E-state index contributed by atoms with van der Waals surface area (Å²) >= 11 is 0. The van der Waals surface area contributed by atoms with Gasteiger partial charge in [-0.3, -0.25) is 0 Å². The van der Waals surface area contributed by atoms with Gasteiger partial charge in [0, 0.05) is 0 Å². The molecular formula is C19H19BF4O4. The third-order valence-corrected chi connectivity index (χ3v) is 4.79. The van der Waals surface area contributed by atoms with Crippen molar-refractivity contribution < 1.29 is 36.3 Å². The fourth-order valence-electron chi connectivity index (χ4n) is 2.57. The minimum atomic E-state index is -5.00. The molecule has 2 aromatic carbocycles. The Morgan fingerprint density at radius 1 is 0.857 bits per heavy atom. The van der Waals surface area contributed by atoms with Gasteiger partial charge in [0.2, 0.25) is 5.82 Å². The van der Waals surface area contributed by atoms with Crippen LogP contribution in [0.4, 0.5) is 17.6 Å². The molecule has 0 amide bonds. The van der Waals surface area contributed by atoms with Crippen molar-refractivity contribution in [3.63, 3.8) is 0 Å². The molecular weight excluding hydrogens is 379 g/mol. The van der Waals surface area contributed by atoms with Crippen molar-refractivity contribution >= 4 is 12.6 Å². The molecule has 0 aliphatic carbocycles. The van der Waals surface area contributed by atoms with E-state index in [-0.39, 0.29) is 11.5 Å². The summed E-state index contributed by atoms with van der Waals surface area (Å²) in [6.07, 6.45) is -5.00. The van der Waals surface area contributed by atoms with E-state index in [1.54, 1.807) is 24.3 Å². The molecule has 0 unspecified atom stereocenters. The largest absolute Gasteiger partial charge is 0.573 e. The summed E-state index contributed by atoms with van der Waals surface area (Å²) < 4.78 is 72.1. The van der Waals surface area contributed by atoms with E-state index in [0.29, 0.717) is 0 Å². The normalized spacial score (nSPS) is 18.2. The molecule has 150 valence electrons. The first-order valence-corrected chi connectivity index (χ1v) is 8.56. The van der Waals surface area contributed by atoms with E-state index in [9.17, 15) is 17.6 Å². The summed E-state index contributed by atoms with van der Waals surface area (Å²) in [7, 11) is -0.570. The summed E-state index contributed by atoms with van der Waals surface area (Å²) in [5.41, 5.74) is -0.246. The van der Waals surface area contributed by atoms with Crippen LogP contribution < -0.4 is 14.9 Å². The van der Waals surface area contributed by atoms with Crippen molar-refractivity contribution in [1.82, 2.24) is 0 Å². The molecule has 1 aliphatic rings. The number of hydrogen-bond donors (Lipinski definition) is 0. The van der Waals surface area contributed by atoms with Gasteiger partial charge in [-0.2, -0.15) is 4.39 Å². The van der Waals surface area contributed by atoms with Gasteiger partial charge in [-0.15, -0.1) is 13.2 Å². The Morgan fingerprint density at radius 2 is 1.39 bits per heavy atom. The monoisotopic (exact) mass is 398 g/mol. The highest BCUT2D eigenvalue weighted by molar-refractivity contribution is 6.62. The van der Waals surface area contributed by atoms with Crippen LogP contribution in [0.15, 0.2) is 42.5 Å².